The second-order valence-electron chi connectivity index (χ2n) is 2.59. The first kappa shape index (κ1) is 9.06. The Kier molecular flexibility index (Phi) is 2.70. The number of aryl methyl sites for hydroxylation is 1. The number of nitro groups is 1. The molecule has 0 saturated heterocycles. The number of benzene rings is 1. The minimum absolute atomic E-state index is 0.138. The summed E-state index contributed by atoms with van der Waals surface area (Å²) in [6.07, 6.45) is 0. The van der Waals surface area contributed by atoms with E-state index in [9.17, 15) is 10.1 Å². The predicted molar refractivity (Wildman–Crippen MR) is 50.5 cm³/mol. The van der Waals surface area contributed by atoms with E-state index in [1.165, 1.54) is 0 Å². The van der Waals surface area contributed by atoms with Gasteiger partial charge in [-0.25, -0.2) is 0 Å². The number of hydrogen-bond donors (Lipinski definition) is 1. The fourth-order valence-corrected chi connectivity index (χ4v) is 1.22. The highest BCUT2D eigenvalue weighted by atomic mass is 32.1. The van der Waals surface area contributed by atoms with E-state index in [1.54, 1.807) is 12.1 Å². The molecule has 1 aromatic carbocycles. The third-order valence-corrected chi connectivity index (χ3v) is 1.88. The predicted octanol–water partition coefficient (Wildman–Crippen LogP) is 2.33. The maximum Gasteiger partial charge on any atom is 0.269 e. The fraction of sp³-hybridized carbons (Fsp3) is 0.250. The van der Waals surface area contributed by atoms with Crippen molar-refractivity contribution in [2.24, 2.45) is 0 Å². The van der Waals surface area contributed by atoms with E-state index in [-0.39, 0.29) is 10.6 Å². The van der Waals surface area contributed by atoms with E-state index in [4.69, 9.17) is 0 Å². The zero-order valence-corrected chi connectivity index (χ0v) is 7.54. The number of non-ortho nitro benzene ring substituents is 1. The quantitative estimate of drug-likeness (QED) is 0.434. The topological polar surface area (TPSA) is 43.1 Å². The first-order valence-corrected chi connectivity index (χ1v) is 4.12. The van der Waals surface area contributed by atoms with Crippen LogP contribution in [0.15, 0.2) is 18.2 Å². The van der Waals surface area contributed by atoms with Crippen LogP contribution < -0.4 is 0 Å². The van der Waals surface area contributed by atoms with Crippen LogP contribution >= 0.6 is 12.6 Å². The van der Waals surface area contributed by atoms with E-state index >= 15 is 0 Å². The molecular formula is C8H9NO2S. The SMILES string of the molecule is Cc1cc(CS)cc([N+](=O)[O-])c1. The summed E-state index contributed by atoms with van der Waals surface area (Å²) in [6, 6.07) is 4.98. The van der Waals surface area contributed by atoms with Crippen LogP contribution in [0.25, 0.3) is 0 Å². The van der Waals surface area contributed by atoms with Crippen molar-refractivity contribution in [1.82, 2.24) is 0 Å². The van der Waals surface area contributed by atoms with Crippen LogP contribution in [0.1, 0.15) is 11.1 Å². The molecule has 64 valence electrons. The highest BCUT2D eigenvalue weighted by Crippen LogP contribution is 2.17. The maximum atomic E-state index is 10.4. The lowest BCUT2D eigenvalue weighted by molar-refractivity contribution is -0.384. The second-order valence-corrected chi connectivity index (χ2v) is 2.91. The number of nitro benzene ring substituents is 1. The number of nitrogens with zero attached hydrogens (tertiary/aromatic N) is 1. The van der Waals surface area contributed by atoms with Crippen LogP contribution in [0, 0.1) is 17.0 Å². The molecule has 3 nitrogen and oxygen atoms in total. The van der Waals surface area contributed by atoms with Crippen LogP contribution in [0.4, 0.5) is 5.69 Å². The summed E-state index contributed by atoms with van der Waals surface area (Å²) < 4.78 is 0. The monoisotopic (exact) mass is 183 g/mol. The average Bonchev–Trinajstić information content (AvgIpc) is 2.03. The van der Waals surface area contributed by atoms with Gasteiger partial charge in [0.2, 0.25) is 0 Å². The van der Waals surface area contributed by atoms with Gasteiger partial charge in [-0.2, -0.15) is 12.6 Å². The fourth-order valence-electron chi connectivity index (χ4n) is 1.04. The van der Waals surface area contributed by atoms with Crippen molar-refractivity contribution >= 4 is 18.3 Å². The van der Waals surface area contributed by atoms with Gasteiger partial charge in [0.15, 0.2) is 0 Å². The lowest BCUT2D eigenvalue weighted by Gasteiger charge is -1.98. The Morgan fingerprint density at radius 2 is 2.17 bits per heavy atom. The second kappa shape index (κ2) is 3.58. The molecule has 0 heterocycles. The van der Waals surface area contributed by atoms with Gasteiger partial charge in [-0.3, -0.25) is 10.1 Å². The van der Waals surface area contributed by atoms with Crippen molar-refractivity contribution in [3.05, 3.63) is 39.4 Å². The molecule has 0 fully saturated rings. The van der Waals surface area contributed by atoms with Gasteiger partial charge < -0.3 is 0 Å². The van der Waals surface area contributed by atoms with Crippen LogP contribution in [-0.2, 0) is 5.75 Å². The third kappa shape index (κ3) is 1.98. The van der Waals surface area contributed by atoms with Crippen molar-refractivity contribution in [3.63, 3.8) is 0 Å². The zero-order valence-electron chi connectivity index (χ0n) is 6.65. The van der Waals surface area contributed by atoms with Crippen molar-refractivity contribution in [1.29, 1.82) is 0 Å². The normalized spacial score (nSPS) is 9.83. The minimum Gasteiger partial charge on any atom is -0.258 e. The summed E-state index contributed by atoms with van der Waals surface area (Å²) in [6.45, 7) is 1.83. The van der Waals surface area contributed by atoms with Gasteiger partial charge in [-0.05, 0) is 18.1 Å². The maximum absolute atomic E-state index is 10.4. The van der Waals surface area contributed by atoms with Gasteiger partial charge in [-0.1, -0.05) is 6.07 Å². The smallest absolute Gasteiger partial charge is 0.258 e. The van der Waals surface area contributed by atoms with E-state index in [0.29, 0.717) is 5.75 Å². The molecule has 0 amide bonds. The third-order valence-electron chi connectivity index (χ3n) is 1.52. The molecule has 0 unspecified atom stereocenters. The molecule has 0 bridgehead atoms. The Balaban J connectivity index is 3.15. The number of rotatable bonds is 2. The highest BCUT2D eigenvalue weighted by Gasteiger charge is 2.06. The molecule has 0 N–H and O–H groups in total. The van der Waals surface area contributed by atoms with Crippen LogP contribution in [0.2, 0.25) is 0 Å². The molecule has 0 spiro atoms. The Morgan fingerprint density at radius 3 is 2.67 bits per heavy atom. The Hall–Kier alpha value is -1.03. The van der Waals surface area contributed by atoms with Crippen molar-refractivity contribution in [2.75, 3.05) is 0 Å². The van der Waals surface area contributed by atoms with Gasteiger partial charge in [-0.15, -0.1) is 0 Å². The molecule has 0 aromatic heterocycles. The number of hydrogen-bond acceptors (Lipinski definition) is 3. The van der Waals surface area contributed by atoms with Crippen LogP contribution in [0.3, 0.4) is 0 Å². The highest BCUT2D eigenvalue weighted by molar-refractivity contribution is 7.79. The number of thiol groups is 1. The van der Waals surface area contributed by atoms with Gasteiger partial charge in [0.05, 0.1) is 4.92 Å². The van der Waals surface area contributed by atoms with E-state index in [0.717, 1.165) is 11.1 Å². The van der Waals surface area contributed by atoms with E-state index in [2.05, 4.69) is 12.6 Å². The molecule has 0 aliphatic heterocycles. The summed E-state index contributed by atoms with van der Waals surface area (Å²) >= 11 is 4.05. The van der Waals surface area contributed by atoms with E-state index < -0.39 is 0 Å². The summed E-state index contributed by atoms with van der Waals surface area (Å²) in [5.74, 6) is 0.530. The van der Waals surface area contributed by atoms with Gasteiger partial charge in [0, 0.05) is 17.9 Å². The molecular weight excluding hydrogens is 174 g/mol. The lowest BCUT2D eigenvalue weighted by Crippen LogP contribution is -1.90. The Bertz CT molecular complexity index is 312. The molecule has 1 aromatic rings. The Labute approximate surface area is 76.0 Å². The summed E-state index contributed by atoms with van der Waals surface area (Å²) in [4.78, 5) is 10.0. The summed E-state index contributed by atoms with van der Waals surface area (Å²) in [5, 5.41) is 10.4. The molecule has 0 atom stereocenters. The van der Waals surface area contributed by atoms with Crippen LogP contribution in [0.5, 0.6) is 0 Å². The molecule has 0 aliphatic rings. The first-order valence-electron chi connectivity index (χ1n) is 3.49. The van der Waals surface area contributed by atoms with Crippen molar-refractivity contribution in [3.8, 4) is 0 Å². The summed E-state index contributed by atoms with van der Waals surface area (Å²) in [7, 11) is 0. The van der Waals surface area contributed by atoms with Crippen molar-refractivity contribution in [2.45, 2.75) is 12.7 Å². The van der Waals surface area contributed by atoms with Gasteiger partial charge in [0.25, 0.3) is 5.69 Å². The molecule has 0 saturated carbocycles. The molecule has 0 aliphatic carbocycles. The molecule has 4 heteroatoms. The lowest BCUT2D eigenvalue weighted by atomic mass is 10.1. The molecule has 1 rings (SSSR count). The Morgan fingerprint density at radius 1 is 1.50 bits per heavy atom. The molecule has 0 radical (unpaired) electrons. The van der Waals surface area contributed by atoms with Crippen LogP contribution in [-0.4, -0.2) is 4.92 Å². The standard InChI is InChI=1S/C8H9NO2S/c1-6-2-7(5-12)4-8(3-6)9(10)11/h2-4,12H,5H2,1H3. The van der Waals surface area contributed by atoms with Gasteiger partial charge >= 0.3 is 0 Å². The zero-order chi connectivity index (χ0) is 9.14. The minimum atomic E-state index is -0.389. The average molecular weight is 183 g/mol. The van der Waals surface area contributed by atoms with E-state index in [1.807, 2.05) is 13.0 Å². The van der Waals surface area contributed by atoms with Gasteiger partial charge in [0.1, 0.15) is 0 Å². The largest absolute Gasteiger partial charge is 0.269 e. The first-order chi connectivity index (χ1) is 5.63. The molecule has 12 heavy (non-hydrogen) atoms. The summed E-state index contributed by atoms with van der Waals surface area (Å²) in [5.41, 5.74) is 1.91. The van der Waals surface area contributed by atoms with Crippen molar-refractivity contribution < 1.29 is 4.92 Å².